The molecule has 0 fully saturated rings. The van der Waals surface area contributed by atoms with E-state index < -0.39 is 20.2 Å². The van der Waals surface area contributed by atoms with Crippen LogP contribution >= 0.6 is 0 Å². The molecule has 23 heavy (non-hydrogen) atoms. The molecule has 0 aliphatic heterocycles. The smallest absolute Gasteiger partial charge is 0.248 e. The molecular weight excluding hydrogens is 310 g/mol. The lowest BCUT2D eigenvalue weighted by atomic mass is 9.75. The lowest BCUT2D eigenvalue weighted by Gasteiger charge is -2.42. The number of ketones is 1. The molecule has 1 unspecified atom stereocenters. The highest BCUT2D eigenvalue weighted by Gasteiger charge is 2.51. The molecule has 5 heteroatoms. The molecule has 0 amide bonds. The van der Waals surface area contributed by atoms with E-state index in [1.165, 1.54) is 3.97 Å². The second-order valence-corrected chi connectivity index (χ2v) is 9.50. The molecule has 3 rings (SSSR count). The van der Waals surface area contributed by atoms with Crippen LogP contribution < -0.4 is 0 Å². The predicted octanol–water partition coefficient (Wildman–Crippen LogP) is 3.49. The van der Waals surface area contributed by atoms with Gasteiger partial charge in [-0.1, -0.05) is 37.6 Å². The second-order valence-electron chi connectivity index (χ2n) is 7.30. The van der Waals surface area contributed by atoms with E-state index in [1.54, 1.807) is 19.2 Å². The van der Waals surface area contributed by atoms with E-state index in [0.717, 1.165) is 5.57 Å². The number of carbonyl (C=O) groups excluding carboxylic acids is 1. The summed E-state index contributed by atoms with van der Waals surface area (Å²) in [5.74, 6) is 0.0416. The van der Waals surface area contributed by atoms with Crippen molar-refractivity contribution in [3.05, 3.63) is 47.3 Å². The third kappa shape index (κ3) is 2.17. The summed E-state index contributed by atoms with van der Waals surface area (Å²) in [4.78, 5) is 12.0. The molecule has 0 N–H and O–H groups in total. The molecule has 2 aliphatic carbocycles. The Labute approximate surface area is 137 Å². The first-order chi connectivity index (χ1) is 10.6. The highest BCUT2D eigenvalue weighted by molar-refractivity contribution is 7.91. The molecule has 1 aromatic heterocycles. The van der Waals surface area contributed by atoms with Crippen LogP contribution in [0.2, 0.25) is 0 Å². The van der Waals surface area contributed by atoms with E-state index in [2.05, 4.69) is 0 Å². The second kappa shape index (κ2) is 4.94. The molecule has 1 heterocycles. The van der Waals surface area contributed by atoms with Crippen molar-refractivity contribution in [2.24, 2.45) is 5.41 Å². The summed E-state index contributed by atoms with van der Waals surface area (Å²) in [5.41, 5.74) is 1.60. The van der Waals surface area contributed by atoms with Crippen molar-refractivity contribution in [1.82, 2.24) is 3.97 Å². The molecular formula is C18H23NO3S. The maximum absolute atomic E-state index is 13.5. The quantitative estimate of drug-likeness (QED) is 0.832. The number of Topliss-reactive ketones (excluding diaryl/α,β-unsaturated/α-hetero) is 1. The highest BCUT2D eigenvalue weighted by Crippen LogP contribution is 2.45. The van der Waals surface area contributed by atoms with Crippen LogP contribution in [0.5, 0.6) is 0 Å². The summed E-state index contributed by atoms with van der Waals surface area (Å²) in [7, 11) is -3.69. The van der Waals surface area contributed by atoms with Gasteiger partial charge in [-0.2, -0.15) is 0 Å². The number of carbonyl (C=O) groups is 1. The number of rotatable bonds is 2. The summed E-state index contributed by atoms with van der Waals surface area (Å²) < 4.78 is 27.3. The van der Waals surface area contributed by atoms with Crippen LogP contribution in [0.15, 0.2) is 36.1 Å². The fourth-order valence-corrected chi connectivity index (χ4v) is 5.68. The Morgan fingerprint density at radius 1 is 1.17 bits per heavy atom. The van der Waals surface area contributed by atoms with Gasteiger partial charge in [-0.05, 0) is 32.8 Å². The molecule has 124 valence electrons. The fourth-order valence-electron chi connectivity index (χ4n) is 3.51. The van der Waals surface area contributed by atoms with Gasteiger partial charge in [-0.25, -0.2) is 12.4 Å². The lowest BCUT2D eigenvalue weighted by molar-refractivity contribution is 0.0972. The van der Waals surface area contributed by atoms with E-state index in [1.807, 2.05) is 39.0 Å². The van der Waals surface area contributed by atoms with E-state index in [9.17, 15) is 13.2 Å². The van der Waals surface area contributed by atoms with Crippen LogP contribution in [-0.4, -0.2) is 22.9 Å². The van der Waals surface area contributed by atoms with Gasteiger partial charge >= 0.3 is 0 Å². The van der Waals surface area contributed by atoms with Crippen molar-refractivity contribution in [2.45, 2.75) is 51.7 Å². The van der Waals surface area contributed by atoms with E-state index in [4.69, 9.17) is 0 Å². The van der Waals surface area contributed by atoms with Crippen molar-refractivity contribution in [1.29, 1.82) is 0 Å². The normalized spacial score (nSPS) is 26.8. The van der Waals surface area contributed by atoms with E-state index in [-0.39, 0.29) is 5.78 Å². The minimum atomic E-state index is -3.69. The van der Waals surface area contributed by atoms with Crippen LogP contribution in [0.1, 0.15) is 56.6 Å². The average molecular weight is 333 g/mol. The summed E-state index contributed by atoms with van der Waals surface area (Å²) in [6.07, 6.45) is 9.14. The molecule has 0 saturated carbocycles. The minimum Gasteiger partial charge on any atom is -0.294 e. The topological polar surface area (TPSA) is 56.1 Å². The van der Waals surface area contributed by atoms with Gasteiger partial charge in [-0.3, -0.25) is 4.79 Å². The molecule has 0 bridgehead atoms. The average Bonchev–Trinajstić information content (AvgIpc) is 2.89. The largest absolute Gasteiger partial charge is 0.294 e. The zero-order valence-electron chi connectivity index (χ0n) is 14.1. The summed E-state index contributed by atoms with van der Waals surface area (Å²) in [6.45, 7) is 7.55. The lowest BCUT2D eigenvalue weighted by Crippen LogP contribution is -2.50. The van der Waals surface area contributed by atoms with Crippen molar-refractivity contribution >= 4 is 15.8 Å². The van der Waals surface area contributed by atoms with Crippen molar-refractivity contribution in [2.75, 3.05) is 0 Å². The van der Waals surface area contributed by atoms with Crippen LogP contribution in [0.4, 0.5) is 0 Å². The van der Waals surface area contributed by atoms with Gasteiger partial charge in [0.2, 0.25) is 10.0 Å². The Morgan fingerprint density at radius 3 is 2.57 bits per heavy atom. The van der Waals surface area contributed by atoms with Crippen LogP contribution in [0, 0.1) is 5.41 Å². The Morgan fingerprint density at radius 2 is 1.87 bits per heavy atom. The number of aromatic nitrogens is 1. The van der Waals surface area contributed by atoms with E-state index >= 15 is 0 Å². The molecule has 2 aliphatic rings. The first-order valence-corrected chi connectivity index (χ1v) is 9.41. The first kappa shape index (κ1) is 16.2. The zero-order chi connectivity index (χ0) is 17.0. The van der Waals surface area contributed by atoms with Crippen molar-refractivity contribution in [3.8, 4) is 0 Å². The maximum Gasteiger partial charge on any atom is 0.248 e. The van der Waals surface area contributed by atoms with Gasteiger partial charge in [-0.15, -0.1) is 0 Å². The number of nitrogens with zero attached hydrogens (tertiary/aromatic N) is 1. The number of allylic oxidation sites excluding steroid dienone is 3. The number of fused-ring (bicyclic) bond motifs is 1. The zero-order valence-corrected chi connectivity index (χ0v) is 14.9. The summed E-state index contributed by atoms with van der Waals surface area (Å²) >= 11 is 0. The summed E-state index contributed by atoms with van der Waals surface area (Å²) in [5, 5.41) is 0. The molecule has 0 spiro atoms. The molecule has 0 radical (unpaired) electrons. The Bertz CT molecular complexity index is 840. The predicted molar refractivity (Wildman–Crippen MR) is 91.1 cm³/mol. The molecule has 1 aromatic rings. The molecule has 4 nitrogen and oxygen atoms in total. The SMILES string of the molecule is CC1=CC(C)(S(=O)(=O)n2ccc3c2CCCC3=O)C(C)(C)C=C1. The highest BCUT2D eigenvalue weighted by atomic mass is 32.2. The van der Waals surface area contributed by atoms with Crippen molar-refractivity contribution in [3.63, 3.8) is 0 Å². The third-order valence-electron chi connectivity index (χ3n) is 5.41. The first-order valence-electron chi connectivity index (χ1n) is 7.97. The van der Waals surface area contributed by atoms with Gasteiger partial charge in [0.25, 0.3) is 0 Å². The monoisotopic (exact) mass is 333 g/mol. The van der Waals surface area contributed by atoms with E-state index in [0.29, 0.717) is 30.5 Å². The summed E-state index contributed by atoms with van der Waals surface area (Å²) in [6, 6.07) is 1.65. The van der Waals surface area contributed by atoms with Gasteiger partial charge < -0.3 is 0 Å². The van der Waals surface area contributed by atoms with Crippen LogP contribution in [0.25, 0.3) is 0 Å². The fraction of sp³-hybridized carbons (Fsp3) is 0.500. The molecule has 0 saturated heterocycles. The standard InChI is InChI=1S/C18H23NO3S/c1-13-8-10-17(2,3)18(4,12-13)23(21,22)19-11-9-14-15(19)6-5-7-16(14)20/h8-12H,5-7H2,1-4H3. The van der Waals surface area contributed by atoms with Crippen molar-refractivity contribution < 1.29 is 13.2 Å². The van der Waals surface area contributed by atoms with Gasteiger partial charge in [0.1, 0.15) is 4.75 Å². The molecule has 0 aromatic carbocycles. The maximum atomic E-state index is 13.5. The van der Waals surface area contributed by atoms with Crippen LogP contribution in [0.3, 0.4) is 0 Å². The Hall–Kier alpha value is -1.62. The Balaban J connectivity index is 2.20. The van der Waals surface area contributed by atoms with Crippen LogP contribution in [-0.2, 0) is 16.4 Å². The minimum absolute atomic E-state index is 0.0416. The molecule has 1 atom stereocenters. The van der Waals surface area contributed by atoms with Gasteiger partial charge in [0.15, 0.2) is 5.78 Å². The number of hydrogen-bond acceptors (Lipinski definition) is 3. The van der Waals surface area contributed by atoms with Gasteiger partial charge in [0, 0.05) is 29.3 Å². The number of hydrogen-bond donors (Lipinski definition) is 0. The van der Waals surface area contributed by atoms with Gasteiger partial charge in [0.05, 0.1) is 0 Å². The third-order valence-corrected chi connectivity index (χ3v) is 7.99. The Kier molecular flexibility index (Phi) is 3.49.